The van der Waals surface area contributed by atoms with Crippen LogP contribution in [0.1, 0.15) is 11.1 Å². The van der Waals surface area contributed by atoms with Gasteiger partial charge in [0.05, 0.1) is 22.9 Å². The Kier molecular flexibility index (Phi) is 5.47. The van der Waals surface area contributed by atoms with Gasteiger partial charge in [0.2, 0.25) is 0 Å². The number of nitrogens with zero attached hydrogens (tertiary/aromatic N) is 2. The molecule has 5 heteroatoms. The quantitative estimate of drug-likeness (QED) is 0.748. The van der Waals surface area contributed by atoms with Crippen molar-refractivity contribution in [2.75, 3.05) is 11.9 Å². The SMILES string of the molecule is N#Cc1ccc(-c2ccc(OCC(=O)Nc3ccccc3C#N)cc2)cc1. The monoisotopic (exact) mass is 353 g/mol. The maximum absolute atomic E-state index is 12.0. The molecule has 1 amide bonds. The van der Waals surface area contributed by atoms with E-state index in [-0.39, 0.29) is 12.5 Å². The number of para-hydroxylation sites is 1. The Morgan fingerprint density at radius 3 is 2.11 bits per heavy atom. The highest BCUT2D eigenvalue weighted by Crippen LogP contribution is 2.23. The van der Waals surface area contributed by atoms with Gasteiger partial charge in [0.25, 0.3) is 5.91 Å². The molecule has 0 atom stereocenters. The van der Waals surface area contributed by atoms with E-state index in [9.17, 15) is 4.79 Å². The van der Waals surface area contributed by atoms with Crippen LogP contribution in [0.2, 0.25) is 0 Å². The van der Waals surface area contributed by atoms with E-state index in [4.69, 9.17) is 15.3 Å². The van der Waals surface area contributed by atoms with Gasteiger partial charge in [-0.15, -0.1) is 0 Å². The molecule has 3 rings (SSSR count). The van der Waals surface area contributed by atoms with Crippen LogP contribution in [0.3, 0.4) is 0 Å². The highest BCUT2D eigenvalue weighted by Gasteiger charge is 2.07. The van der Waals surface area contributed by atoms with Crippen molar-refractivity contribution in [2.45, 2.75) is 0 Å². The zero-order valence-corrected chi connectivity index (χ0v) is 14.3. The Balaban J connectivity index is 1.59. The number of rotatable bonds is 5. The molecule has 0 aliphatic carbocycles. The Bertz CT molecular complexity index is 1030. The van der Waals surface area contributed by atoms with Gasteiger partial charge in [-0.1, -0.05) is 36.4 Å². The summed E-state index contributed by atoms with van der Waals surface area (Å²) in [6.45, 7) is -0.157. The van der Waals surface area contributed by atoms with Crippen LogP contribution >= 0.6 is 0 Å². The molecule has 3 aromatic carbocycles. The third kappa shape index (κ3) is 4.50. The number of anilines is 1. The normalized spacial score (nSPS) is 9.70. The Labute approximate surface area is 157 Å². The minimum Gasteiger partial charge on any atom is -0.484 e. The molecule has 0 aromatic heterocycles. The molecule has 5 nitrogen and oxygen atoms in total. The Hall–Kier alpha value is -4.09. The number of nitrogens with one attached hydrogen (secondary N) is 1. The Morgan fingerprint density at radius 2 is 1.48 bits per heavy atom. The standard InChI is InChI=1S/C22H15N3O2/c23-13-16-5-7-17(8-6-16)18-9-11-20(12-10-18)27-15-22(26)25-21-4-2-1-3-19(21)14-24/h1-12H,15H2,(H,25,26). The first kappa shape index (κ1) is 17.7. The number of hydrogen-bond donors (Lipinski definition) is 1. The molecule has 0 radical (unpaired) electrons. The lowest BCUT2D eigenvalue weighted by Gasteiger charge is -2.09. The molecule has 0 heterocycles. The van der Waals surface area contributed by atoms with Gasteiger partial charge in [-0.3, -0.25) is 4.79 Å². The molecule has 130 valence electrons. The van der Waals surface area contributed by atoms with E-state index in [1.807, 2.05) is 30.3 Å². The van der Waals surface area contributed by atoms with Crippen LogP contribution in [0, 0.1) is 22.7 Å². The molecule has 3 aromatic rings. The summed E-state index contributed by atoms with van der Waals surface area (Å²) in [4.78, 5) is 12.0. The molecule has 0 saturated carbocycles. The summed E-state index contributed by atoms with van der Waals surface area (Å²) in [5.41, 5.74) is 3.45. The van der Waals surface area contributed by atoms with Gasteiger partial charge < -0.3 is 10.1 Å². The van der Waals surface area contributed by atoms with Crippen molar-refractivity contribution in [3.05, 3.63) is 83.9 Å². The van der Waals surface area contributed by atoms with Crippen molar-refractivity contribution >= 4 is 11.6 Å². The fourth-order valence-electron chi connectivity index (χ4n) is 2.51. The van der Waals surface area contributed by atoms with Crippen LogP contribution in [-0.4, -0.2) is 12.5 Å². The largest absolute Gasteiger partial charge is 0.484 e. The van der Waals surface area contributed by atoms with Crippen molar-refractivity contribution in [3.63, 3.8) is 0 Å². The van der Waals surface area contributed by atoms with Gasteiger partial charge >= 0.3 is 0 Å². The second-order valence-corrected chi connectivity index (χ2v) is 5.71. The lowest BCUT2D eigenvalue weighted by Crippen LogP contribution is -2.20. The van der Waals surface area contributed by atoms with E-state index in [0.29, 0.717) is 22.6 Å². The molecule has 0 aliphatic heterocycles. The maximum atomic E-state index is 12.0. The molecule has 0 aliphatic rings. The third-order valence-corrected chi connectivity index (χ3v) is 3.89. The zero-order chi connectivity index (χ0) is 19.1. The molecule has 0 spiro atoms. The van der Waals surface area contributed by atoms with Crippen molar-refractivity contribution in [1.82, 2.24) is 0 Å². The van der Waals surface area contributed by atoms with E-state index < -0.39 is 0 Å². The molecular weight excluding hydrogens is 338 g/mol. The predicted molar refractivity (Wildman–Crippen MR) is 102 cm³/mol. The van der Waals surface area contributed by atoms with Crippen LogP contribution in [0.25, 0.3) is 11.1 Å². The smallest absolute Gasteiger partial charge is 0.262 e. The summed E-state index contributed by atoms with van der Waals surface area (Å²) < 4.78 is 5.50. The molecule has 1 N–H and O–H groups in total. The van der Waals surface area contributed by atoms with Crippen LogP contribution in [0.4, 0.5) is 5.69 Å². The van der Waals surface area contributed by atoms with Gasteiger partial charge in [0.1, 0.15) is 11.8 Å². The minimum atomic E-state index is -0.339. The molecule has 0 unspecified atom stereocenters. The summed E-state index contributed by atoms with van der Waals surface area (Å²) in [6.07, 6.45) is 0. The number of carbonyl (C=O) groups excluding carboxylic acids is 1. The van der Waals surface area contributed by atoms with E-state index in [2.05, 4.69) is 11.4 Å². The summed E-state index contributed by atoms with van der Waals surface area (Å²) >= 11 is 0. The van der Waals surface area contributed by atoms with E-state index in [1.165, 1.54) is 0 Å². The topological polar surface area (TPSA) is 85.9 Å². The first-order chi connectivity index (χ1) is 13.2. The highest BCUT2D eigenvalue weighted by atomic mass is 16.5. The zero-order valence-electron chi connectivity index (χ0n) is 14.3. The second kappa shape index (κ2) is 8.33. The molecule has 0 bridgehead atoms. The van der Waals surface area contributed by atoms with Crippen LogP contribution in [0.15, 0.2) is 72.8 Å². The number of amides is 1. The van der Waals surface area contributed by atoms with E-state index in [0.717, 1.165) is 11.1 Å². The molecule has 0 fully saturated rings. The molecule has 0 saturated heterocycles. The average molecular weight is 353 g/mol. The molecular formula is C22H15N3O2. The number of ether oxygens (including phenoxy) is 1. The number of carbonyl (C=O) groups is 1. The predicted octanol–water partition coefficient (Wildman–Crippen LogP) is 4.11. The summed E-state index contributed by atoms with van der Waals surface area (Å²) in [5.74, 6) is 0.227. The summed E-state index contributed by atoms with van der Waals surface area (Å²) in [6, 6.07) is 25.6. The van der Waals surface area contributed by atoms with Gasteiger partial charge in [0.15, 0.2) is 6.61 Å². The highest BCUT2D eigenvalue weighted by molar-refractivity contribution is 5.93. The van der Waals surface area contributed by atoms with Crippen molar-refractivity contribution in [2.24, 2.45) is 0 Å². The minimum absolute atomic E-state index is 0.157. The number of benzene rings is 3. The summed E-state index contributed by atoms with van der Waals surface area (Å²) in [5, 5.41) is 20.6. The van der Waals surface area contributed by atoms with E-state index >= 15 is 0 Å². The molecule has 27 heavy (non-hydrogen) atoms. The maximum Gasteiger partial charge on any atom is 0.262 e. The van der Waals surface area contributed by atoms with Crippen LogP contribution in [-0.2, 0) is 4.79 Å². The first-order valence-electron chi connectivity index (χ1n) is 8.22. The van der Waals surface area contributed by atoms with Crippen molar-refractivity contribution in [1.29, 1.82) is 10.5 Å². The van der Waals surface area contributed by atoms with Crippen molar-refractivity contribution in [3.8, 4) is 29.0 Å². The van der Waals surface area contributed by atoms with Gasteiger partial charge in [-0.2, -0.15) is 10.5 Å². The lowest BCUT2D eigenvalue weighted by atomic mass is 10.0. The lowest BCUT2D eigenvalue weighted by molar-refractivity contribution is -0.118. The fraction of sp³-hybridized carbons (Fsp3) is 0.0455. The van der Waals surface area contributed by atoms with Gasteiger partial charge in [-0.25, -0.2) is 0 Å². The van der Waals surface area contributed by atoms with Crippen LogP contribution in [0.5, 0.6) is 5.75 Å². The second-order valence-electron chi connectivity index (χ2n) is 5.71. The number of hydrogen-bond acceptors (Lipinski definition) is 4. The fourth-order valence-corrected chi connectivity index (χ4v) is 2.51. The first-order valence-corrected chi connectivity index (χ1v) is 8.22. The Morgan fingerprint density at radius 1 is 0.852 bits per heavy atom. The third-order valence-electron chi connectivity index (χ3n) is 3.89. The van der Waals surface area contributed by atoms with Gasteiger partial charge in [-0.05, 0) is 47.5 Å². The van der Waals surface area contributed by atoms with Crippen LogP contribution < -0.4 is 10.1 Å². The van der Waals surface area contributed by atoms with Crippen molar-refractivity contribution < 1.29 is 9.53 Å². The average Bonchev–Trinajstić information content (AvgIpc) is 2.73. The summed E-state index contributed by atoms with van der Waals surface area (Å²) in [7, 11) is 0. The van der Waals surface area contributed by atoms with Gasteiger partial charge in [0, 0.05) is 0 Å². The van der Waals surface area contributed by atoms with E-state index in [1.54, 1.807) is 48.5 Å². The number of nitriles is 2.